The Morgan fingerprint density at radius 3 is 2.43 bits per heavy atom. The molecular weight excluding hydrogens is 440 g/mol. The fraction of sp³-hybridized carbons (Fsp3) is 0.588. The summed E-state index contributed by atoms with van der Waals surface area (Å²) in [6.07, 6.45) is -8.80. The number of nitrogens with zero attached hydrogens (tertiary/aromatic N) is 1. The van der Waals surface area contributed by atoms with Crippen LogP contribution in [0.15, 0.2) is 29.2 Å². The Balaban J connectivity index is 1.93. The Kier molecular flexibility index (Phi) is 7.41. The summed E-state index contributed by atoms with van der Waals surface area (Å²) < 4.78 is 103. The second-order valence-electron chi connectivity index (χ2n) is 7.09. The number of nitrogens with one attached hydrogen (secondary N) is 2. The van der Waals surface area contributed by atoms with Crippen LogP contribution in [0.5, 0.6) is 0 Å². The van der Waals surface area contributed by atoms with Gasteiger partial charge in [-0.3, -0.25) is 9.69 Å². The van der Waals surface area contributed by atoms with E-state index in [1.165, 1.54) is 4.90 Å². The molecule has 1 aliphatic rings. The molecule has 13 heteroatoms. The number of halogens is 6. The van der Waals surface area contributed by atoms with Crippen molar-refractivity contribution in [3.05, 3.63) is 29.8 Å². The molecule has 2 atom stereocenters. The van der Waals surface area contributed by atoms with Crippen molar-refractivity contribution in [1.29, 1.82) is 0 Å². The quantitative estimate of drug-likeness (QED) is 0.612. The summed E-state index contributed by atoms with van der Waals surface area (Å²) in [7, 11) is -4.65. The number of carbonyl (C=O) groups is 1. The molecule has 1 amide bonds. The van der Waals surface area contributed by atoms with Gasteiger partial charge in [-0.15, -0.1) is 0 Å². The number of rotatable bonds is 7. The number of alkyl halides is 6. The average Bonchev–Trinajstić information content (AvgIpc) is 3.04. The summed E-state index contributed by atoms with van der Waals surface area (Å²) in [6.45, 7) is 0.480. The minimum Gasteiger partial charge on any atom is -0.354 e. The zero-order chi connectivity index (χ0) is 22.7. The Morgan fingerprint density at radius 2 is 1.83 bits per heavy atom. The first-order chi connectivity index (χ1) is 13.7. The van der Waals surface area contributed by atoms with Crippen molar-refractivity contribution >= 4 is 15.9 Å². The van der Waals surface area contributed by atoms with Crippen molar-refractivity contribution in [1.82, 2.24) is 14.9 Å². The largest absolute Gasteiger partial charge is 0.417 e. The molecule has 1 unspecified atom stereocenters. The van der Waals surface area contributed by atoms with E-state index in [0.717, 1.165) is 25.1 Å². The molecule has 1 fully saturated rings. The number of hydrogen-bond donors (Lipinski definition) is 2. The Bertz CT molecular complexity index is 857. The molecular formula is C17H21F6N3O3S. The predicted octanol–water partition coefficient (Wildman–Crippen LogP) is 2.37. The van der Waals surface area contributed by atoms with E-state index in [9.17, 15) is 39.6 Å². The van der Waals surface area contributed by atoms with Gasteiger partial charge in [0, 0.05) is 13.1 Å². The number of benzene rings is 1. The number of likely N-dealkylation sites (tertiary alicyclic amines) is 1. The summed E-state index contributed by atoms with van der Waals surface area (Å²) in [5.74, 6) is -1.04. The molecule has 1 aromatic carbocycles. The molecule has 1 heterocycles. The maximum atomic E-state index is 13.1. The van der Waals surface area contributed by atoms with Crippen LogP contribution in [0.4, 0.5) is 26.3 Å². The molecule has 6 nitrogen and oxygen atoms in total. The van der Waals surface area contributed by atoms with Gasteiger partial charge in [0.15, 0.2) is 0 Å². The fourth-order valence-corrected chi connectivity index (χ4v) is 4.59. The van der Waals surface area contributed by atoms with Crippen LogP contribution >= 0.6 is 0 Å². The maximum Gasteiger partial charge on any atom is 0.417 e. The lowest BCUT2D eigenvalue weighted by molar-refractivity contribution is -0.144. The molecule has 1 saturated heterocycles. The van der Waals surface area contributed by atoms with Crippen LogP contribution in [0, 0.1) is 5.92 Å². The van der Waals surface area contributed by atoms with Gasteiger partial charge in [0.1, 0.15) is 0 Å². The standard InChI is InChI=1S/C17H21F6N3O3S/c1-11(15(27)24-8-12-6-7-26(9-12)10-16(18,19)20)25-30(28,29)14-5-3-2-4-13(14)17(21,22)23/h2-5,11-12,25H,6-10H2,1H3,(H,24,27)/t11-,12?/m0/s1. The zero-order valence-electron chi connectivity index (χ0n) is 15.8. The van der Waals surface area contributed by atoms with Crippen LogP contribution in [0.2, 0.25) is 0 Å². The van der Waals surface area contributed by atoms with Crippen molar-refractivity contribution in [2.24, 2.45) is 5.92 Å². The van der Waals surface area contributed by atoms with Crippen molar-refractivity contribution in [3.8, 4) is 0 Å². The summed E-state index contributed by atoms with van der Waals surface area (Å²) >= 11 is 0. The van der Waals surface area contributed by atoms with E-state index < -0.39 is 51.3 Å². The smallest absolute Gasteiger partial charge is 0.354 e. The third-order valence-electron chi connectivity index (χ3n) is 4.55. The molecule has 0 saturated carbocycles. The van der Waals surface area contributed by atoms with Crippen molar-refractivity contribution in [2.45, 2.75) is 36.6 Å². The lowest BCUT2D eigenvalue weighted by Crippen LogP contribution is -2.46. The minimum atomic E-state index is -4.90. The Hall–Kier alpha value is -1.86. The molecule has 2 rings (SSSR count). The maximum absolute atomic E-state index is 13.1. The number of amides is 1. The monoisotopic (exact) mass is 461 g/mol. The Labute approximate surface area is 169 Å². The third-order valence-corrected chi connectivity index (χ3v) is 6.14. The molecule has 0 aliphatic carbocycles. The minimum absolute atomic E-state index is 0.0262. The topological polar surface area (TPSA) is 78.5 Å². The van der Waals surface area contributed by atoms with Gasteiger partial charge in [-0.25, -0.2) is 8.42 Å². The van der Waals surface area contributed by atoms with Crippen molar-refractivity contribution < 1.29 is 39.6 Å². The first-order valence-corrected chi connectivity index (χ1v) is 10.4. The van der Waals surface area contributed by atoms with Gasteiger partial charge in [-0.2, -0.15) is 31.1 Å². The zero-order valence-corrected chi connectivity index (χ0v) is 16.7. The van der Waals surface area contributed by atoms with E-state index in [4.69, 9.17) is 0 Å². The van der Waals surface area contributed by atoms with Crippen LogP contribution in [0.1, 0.15) is 18.9 Å². The lowest BCUT2D eigenvalue weighted by Gasteiger charge is -2.19. The first kappa shape index (κ1) is 24.4. The second kappa shape index (κ2) is 9.10. The summed E-state index contributed by atoms with van der Waals surface area (Å²) in [4.78, 5) is 12.3. The van der Waals surface area contributed by atoms with Crippen molar-refractivity contribution in [2.75, 3.05) is 26.2 Å². The predicted molar refractivity (Wildman–Crippen MR) is 94.8 cm³/mol. The highest BCUT2D eigenvalue weighted by Gasteiger charge is 2.38. The van der Waals surface area contributed by atoms with E-state index >= 15 is 0 Å². The molecule has 2 N–H and O–H groups in total. The molecule has 0 aromatic heterocycles. The first-order valence-electron chi connectivity index (χ1n) is 8.94. The highest BCUT2D eigenvalue weighted by molar-refractivity contribution is 7.89. The van der Waals surface area contributed by atoms with Gasteiger partial charge in [-0.1, -0.05) is 12.1 Å². The number of sulfonamides is 1. The Morgan fingerprint density at radius 1 is 1.20 bits per heavy atom. The fourth-order valence-electron chi connectivity index (χ4n) is 3.16. The van der Waals surface area contributed by atoms with Gasteiger partial charge >= 0.3 is 12.4 Å². The molecule has 1 aromatic rings. The highest BCUT2D eigenvalue weighted by atomic mass is 32.2. The van der Waals surface area contributed by atoms with Crippen LogP contribution in [0.3, 0.4) is 0 Å². The van der Waals surface area contributed by atoms with E-state index in [1.807, 2.05) is 4.72 Å². The third kappa shape index (κ3) is 6.84. The van der Waals surface area contributed by atoms with Gasteiger partial charge in [0.05, 0.1) is 23.0 Å². The van der Waals surface area contributed by atoms with Crippen LogP contribution in [-0.2, 0) is 21.0 Å². The van der Waals surface area contributed by atoms with E-state index in [0.29, 0.717) is 12.5 Å². The normalized spacial score (nSPS) is 19.6. The number of hydrogen-bond acceptors (Lipinski definition) is 4. The SMILES string of the molecule is C[C@H](NS(=O)(=O)c1ccccc1C(F)(F)F)C(=O)NCC1CCN(CC(F)(F)F)C1. The van der Waals surface area contributed by atoms with E-state index in [1.54, 1.807) is 0 Å². The molecule has 170 valence electrons. The molecule has 0 radical (unpaired) electrons. The van der Waals surface area contributed by atoms with E-state index in [2.05, 4.69) is 5.32 Å². The van der Waals surface area contributed by atoms with Gasteiger partial charge in [0.25, 0.3) is 0 Å². The molecule has 1 aliphatic heterocycles. The molecule has 30 heavy (non-hydrogen) atoms. The highest BCUT2D eigenvalue weighted by Crippen LogP contribution is 2.33. The van der Waals surface area contributed by atoms with Crippen molar-refractivity contribution in [3.63, 3.8) is 0 Å². The summed E-state index contributed by atoms with van der Waals surface area (Å²) in [5, 5.41) is 2.43. The summed E-state index contributed by atoms with van der Waals surface area (Å²) in [5.41, 5.74) is -1.36. The van der Waals surface area contributed by atoms with Crippen LogP contribution < -0.4 is 10.0 Å². The lowest BCUT2D eigenvalue weighted by atomic mass is 10.1. The molecule has 0 bridgehead atoms. The second-order valence-corrected chi connectivity index (χ2v) is 8.77. The summed E-state index contributed by atoms with van der Waals surface area (Å²) in [6, 6.07) is 2.18. The molecule has 0 spiro atoms. The average molecular weight is 461 g/mol. The van der Waals surface area contributed by atoms with Gasteiger partial charge in [0.2, 0.25) is 15.9 Å². The van der Waals surface area contributed by atoms with Gasteiger partial charge < -0.3 is 5.32 Å². The van der Waals surface area contributed by atoms with Gasteiger partial charge in [-0.05, 0) is 37.9 Å². The number of carbonyl (C=O) groups excluding carboxylic acids is 1. The van der Waals surface area contributed by atoms with Crippen LogP contribution in [-0.4, -0.2) is 57.6 Å². The van der Waals surface area contributed by atoms with Crippen LogP contribution in [0.25, 0.3) is 0 Å². The van der Waals surface area contributed by atoms with E-state index in [-0.39, 0.29) is 25.6 Å².